The van der Waals surface area contributed by atoms with Gasteiger partial charge in [-0.25, -0.2) is 4.39 Å². The minimum atomic E-state index is -0.176. The van der Waals surface area contributed by atoms with Crippen LogP contribution in [0.15, 0.2) is 22.7 Å². The minimum Gasteiger partial charge on any atom is -0.379 e. The minimum absolute atomic E-state index is 0.0712. The van der Waals surface area contributed by atoms with Gasteiger partial charge in [-0.2, -0.15) is 0 Å². The Kier molecular flexibility index (Phi) is 5.77. The van der Waals surface area contributed by atoms with Gasteiger partial charge in [0.05, 0.1) is 23.7 Å². The van der Waals surface area contributed by atoms with Crippen LogP contribution in [0.4, 0.5) is 4.39 Å². The lowest BCUT2D eigenvalue weighted by molar-refractivity contribution is -0.0323. The van der Waals surface area contributed by atoms with E-state index in [4.69, 9.17) is 4.74 Å². The molecular formula is C16H24BrFN2O. The van der Waals surface area contributed by atoms with Gasteiger partial charge in [-0.3, -0.25) is 4.90 Å². The second-order valence-electron chi connectivity index (χ2n) is 5.67. The van der Waals surface area contributed by atoms with Crippen molar-refractivity contribution in [2.75, 3.05) is 33.4 Å². The zero-order valence-electron chi connectivity index (χ0n) is 13.0. The molecule has 1 aliphatic rings. The number of benzene rings is 1. The lowest BCUT2D eigenvalue weighted by atomic mass is 9.82. The summed E-state index contributed by atoms with van der Waals surface area (Å²) in [7, 11) is 1.90. The van der Waals surface area contributed by atoms with Crippen molar-refractivity contribution in [2.45, 2.75) is 31.8 Å². The second kappa shape index (κ2) is 7.18. The summed E-state index contributed by atoms with van der Waals surface area (Å²) >= 11 is 3.29. The Labute approximate surface area is 135 Å². The van der Waals surface area contributed by atoms with E-state index in [0.29, 0.717) is 10.0 Å². The normalized spacial score (nSPS) is 21.0. The van der Waals surface area contributed by atoms with Gasteiger partial charge in [-0.15, -0.1) is 0 Å². The number of morpholine rings is 1. The Morgan fingerprint density at radius 3 is 2.67 bits per heavy atom. The van der Waals surface area contributed by atoms with E-state index >= 15 is 0 Å². The van der Waals surface area contributed by atoms with Crippen molar-refractivity contribution in [3.05, 3.63) is 34.1 Å². The molecule has 0 bridgehead atoms. The Balaban J connectivity index is 2.38. The molecule has 1 aromatic carbocycles. The van der Waals surface area contributed by atoms with E-state index in [1.165, 1.54) is 0 Å². The van der Waals surface area contributed by atoms with E-state index in [1.54, 1.807) is 6.07 Å². The van der Waals surface area contributed by atoms with E-state index in [9.17, 15) is 4.39 Å². The van der Waals surface area contributed by atoms with Gasteiger partial charge in [0, 0.05) is 24.2 Å². The Morgan fingerprint density at radius 1 is 1.43 bits per heavy atom. The highest BCUT2D eigenvalue weighted by Crippen LogP contribution is 2.37. The van der Waals surface area contributed by atoms with E-state index in [-0.39, 0.29) is 17.4 Å². The van der Waals surface area contributed by atoms with Crippen molar-refractivity contribution in [1.29, 1.82) is 0 Å². The molecule has 1 aromatic rings. The van der Waals surface area contributed by atoms with Gasteiger partial charge in [0.1, 0.15) is 5.82 Å². The topological polar surface area (TPSA) is 24.5 Å². The Hall–Kier alpha value is -0.490. The first-order valence-electron chi connectivity index (χ1n) is 7.48. The van der Waals surface area contributed by atoms with Gasteiger partial charge in [0.25, 0.3) is 0 Å². The number of likely N-dealkylation sites (N-methyl/N-ethyl adjacent to an activating group) is 1. The van der Waals surface area contributed by atoms with Crippen molar-refractivity contribution < 1.29 is 9.13 Å². The summed E-state index contributed by atoms with van der Waals surface area (Å²) in [5, 5.41) is 3.33. The molecule has 0 spiro atoms. The predicted octanol–water partition coefficient (Wildman–Crippen LogP) is 3.35. The van der Waals surface area contributed by atoms with E-state index < -0.39 is 0 Å². The summed E-state index contributed by atoms with van der Waals surface area (Å²) in [5.74, 6) is -0.176. The average Bonchev–Trinajstić information content (AvgIpc) is 2.52. The van der Waals surface area contributed by atoms with Crippen LogP contribution in [0.5, 0.6) is 0 Å². The fourth-order valence-corrected chi connectivity index (χ4v) is 3.61. The first kappa shape index (κ1) is 16.9. The van der Waals surface area contributed by atoms with Crippen LogP contribution in [-0.2, 0) is 4.74 Å². The third kappa shape index (κ3) is 3.31. The molecule has 0 aromatic heterocycles. The molecular weight excluding hydrogens is 335 g/mol. The van der Waals surface area contributed by atoms with Crippen molar-refractivity contribution in [1.82, 2.24) is 10.2 Å². The van der Waals surface area contributed by atoms with Gasteiger partial charge in [-0.1, -0.05) is 19.1 Å². The maximum Gasteiger partial charge on any atom is 0.142 e. The summed E-state index contributed by atoms with van der Waals surface area (Å²) in [6.07, 6.45) is 0.935. The maximum atomic E-state index is 14.5. The van der Waals surface area contributed by atoms with Crippen molar-refractivity contribution in [3.63, 3.8) is 0 Å². The average molecular weight is 359 g/mol. The standard InChI is InChI=1S/C16H24BrFN2O/c1-4-16(2,20-8-10-21-11-9-20)15(19-3)12-6-5-7-13(17)14(12)18/h5-7,15,19H,4,8-11H2,1-3H3. The summed E-state index contributed by atoms with van der Waals surface area (Å²) in [6.45, 7) is 7.63. The number of rotatable bonds is 5. The third-order valence-electron chi connectivity index (χ3n) is 4.65. The number of nitrogens with zero attached hydrogens (tertiary/aromatic N) is 1. The molecule has 0 saturated carbocycles. The number of halogens is 2. The van der Waals surface area contributed by atoms with E-state index in [0.717, 1.165) is 32.7 Å². The summed E-state index contributed by atoms with van der Waals surface area (Å²) < 4.78 is 20.5. The molecule has 0 aliphatic carbocycles. The van der Waals surface area contributed by atoms with Crippen molar-refractivity contribution >= 4 is 15.9 Å². The molecule has 1 fully saturated rings. The van der Waals surface area contributed by atoms with Crippen LogP contribution < -0.4 is 5.32 Å². The maximum absolute atomic E-state index is 14.5. The highest BCUT2D eigenvalue weighted by molar-refractivity contribution is 9.10. The van der Waals surface area contributed by atoms with Gasteiger partial charge in [0.2, 0.25) is 0 Å². The third-order valence-corrected chi connectivity index (χ3v) is 5.26. The summed E-state index contributed by atoms with van der Waals surface area (Å²) in [4.78, 5) is 2.41. The van der Waals surface area contributed by atoms with E-state index in [2.05, 4.69) is 40.0 Å². The number of hydrogen-bond acceptors (Lipinski definition) is 3. The molecule has 118 valence electrons. The highest BCUT2D eigenvalue weighted by Gasteiger charge is 2.40. The SMILES string of the molecule is CCC(C)(C(NC)c1cccc(Br)c1F)N1CCOCC1. The van der Waals surface area contributed by atoms with Crippen LogP contribution in [-0.4, -0.2) is 43.8 Å². The zero-order valence-corrected chi connectivity index (χ0v) is 14.5. The molecule has 1 heterocycles. The van der Waals surface area contributed by atoms with Crippen molar-refractivity contribution in [2.24, 2.45) is 0 Å². The smallest absolute Gasteiger partial charge is 0.142 e. The number of ether oxygens (including phenoxy) is 1. The van der Waals surface area contributed by atoms with Gasteiger partial charge in [-0.05, 0) is 42.4 Å². The second-order valence-corrected chi connectivity index (χ2v) is 6.53. The molecule has 5 heteroatoms. The lowest BCUT2D eigenvalue weighted by Crippen LogP contribution is -2.57. The first-order valence-corrected chi connectivity index (χ1v) is 8.28. The molecule has 1 saturated heterocycles. The zero-order chi connectivity index (χ0) is 15.5. The van der Waals surface area contributed by atoms with Crippen LogP contribution >= 0.6 is 15.9 Å². The molecule has 2 rings (SSSR count). The van der Waals surface area contributed by atoms with Crippen LogP contribution in [0.1, 0.15) is 31.9 Å². The van der Waals surface area contributed by atoms with Crippen LogP contribution in [0.2, 0.25) is 0 Å². The van der Waals surface area contributed by atoms with Gasteiger partial charge < -0.3 is 10.1 Å². The monoisotopic (exact) mass is 358 g/mol. The molecule has 2 atom stereocenters. The van der Waals surface area contributed by atoms with Crippen LogP contribution in [0, 0.1) is 5.82 Å². The molecule has 1 aliphatic heterocycles. The quantitative estimate of drug-likeness (QED) is 0.873. The summed E-state index contributed by atoms with van der Waals surface area (Å²) in [6, 6.07) is 5.43. The number of nitrogens with one attached hydrogen (secondary N) is 1. The van der Waals surface area contributed by atoms with Gasteiger partial charge >= 0.3 is 0 Å². The number of hydrogen-bond donors (Lipinski definition) is 1. The molecule has 1 N–H and O–H groups in total. The van der Waals surface area contributed by atoms with Gasteiger partial charge in [0.15, 0.2) is 0 Å². The molecule has 0 radical (unpaired) electrons. The molecule has 0 amide bonds. The fourth-order valence-electron chi connectivity index (χ4n) is 3.23. The molecule has 21 heavy (non-hydrogen) atoms. The largest absolute Gasteiger partial charge is 0.379 e. The summed E-state index contributed by atoms with van der Waals surface area (Å²) in [5.41, 5.74) is 0.558. The van der Waals surface area contributed by atoms with E-state index in [1.807, 2.05) is 19.2 Å². The Bertz CT molecular complexity index is 479. The van der Waals surface area contributed by atoms with Crippen LogP contribution in [0.25, 0.3) is 0 Å². The van der Waals surface area contributed by atoms with Crippen molar-refractivity contribution in [3.8, 4) is 0 Å². The van der Waals surface area contributed by atoms with Crippen LogP contribution in [0.3, 0.4) is 0 Å². The lowest BCUT2D eigenvalue weighted by Gasteiger charge is -2.48. The Morgan fingerprint density at radius 2 is 2.10 bits per heavy atom. The first-order chi connectivity index (χ1) is 10.0. The molecule has 3 nitrogen and oxygen atoms in total. The predicted molar refractivity (Wildman–Crippen MR) is 87.0 cm³/mol. The molecule has 2 unspecified atom stereocenters. The highest BCUT2D eigenvalue weighted by atomic mass is 79.9. The fraction of sp³-hybridized carbons (Fsp3) is 0.625.